The van der Waals surface area contributed by atoms with Crippen LogP contribution in [-0.2, 0) is 0 Å². The Hall–Kier alpha value is -2.47. The number of nitrogens with one attached hydrogen (secondary N) is 1. The molecule has 0 aliphatic heterocycles. The van der Waals surface area contributed by atoms with Gasteiger partial charge in [-0.2, -0.15) is 0 Å². The van der Waals surface area contributed by atoms with Gasteiger partial charge < -0.3 is 16.0 Å². The first-order valence-electron chi connectivity index (χ1n) is 8.78. The molecule has 4 nitrogen and oxygen atoms in total. The molecule has 0 saturated heterocycles. The zero-order chi connectivity index (χ0) is 18.7. The summed E-state index contributed by atoms with van der Waals surface area (Å²) in [5.74, 6) is -1.24. The summed E-state index contributed by atoms with van der Waals surface area (Å²) >= 11 is 0. The maximum atomic E-state index is 13.3. The van der Waals surface area contributed by atoms with E-state index in [1.807, 2.05) is 0 Å². The van der Waals surface area contributed by atoms with E-state index < -0.39 is 11.6 Å². The predicted molar refractivity (Wildman–Crippen MR) is 98.8 cm³/mol. The zero-order valence-electron chi connectivity index (χ0n) is 14.7. The number of urea groups is 1. The van der Waals surface area contributed by atoms with Gasteiger partial charge in [0, 0.05) is 30.9 Å². The van der Waals surface area contributed by atoms with Crippen LogP contribution in [-0.4, -0.2) is 30.1 Å². The van der Waals surface area contributed by atoms with Crippen LogP contribution in [0.2, 0.25) is 0 Å². The summed E-state index contributed by atoms with van der Waals surface area (Å²) in [6, 6.07) is 10.6. The van der Waals surface area contributed by atoms with Crippen molar-refractivity contribution in [2.45, 2.75) is 37.8 Å². The van der Waals surface area contributed by atoms with Gasteiger partial charge in [-0.3, -0.25) is 0 Å². The molecule has 6 heteroatoms. The summed E-state index contributed by atoms with van der Waals surface area (Å²) in [6.45, 7) is 0. The molecule has 138 valence electrons. The van der Waals surface area contributed by atoms with E-state index in [4.69, 9.17) is 5.73 Å². The van der Waals surface area contributed by atoms with Gasteiger partial charge in [0.25, 0.3) is 0 Å². The third-order valence-electron chi connectivity index (χ3n) is 4.94. The van der Waals surface area contributed by atoms with Crippen molar-refractivity contribution in [3.05, 3.63) is 54.1 Å². The van der Waals surface area contributed by atoms with Crippen molar-refractivity contribution in [1.82, 2.24) is 4.90 Å². The maximum absolute atomic E-state index is 13.3. The van der Waals surface area contributed by atoms with E-state index in [1.54, 1.807) is 36.2 Å². The number of halogens is 2. The van der Waals surface area contributed by atoms with Crippen molar-refractivity contribution in [1.29, 1.82) is 0 Å². The van der Waals surface area contributed by atoms with Crippen LogP contribution in [0.5, 0.6) is 0 Å². The van der Waals surface area contributed by atoms with Crippen LogP contribution in [0.25, 0.3) is 11.1 Å². The summed E-state index contributed by atoms with van der Waals surface area (Å²) in [7, 11) is 1.79. The second-order valence-corrected chi connectivity index (χ2v) is 6.85. The van der Waals surface area contributed by atoms with Crippen LogP contribution in [0.1, 0.15) is 25.7 Å². The Morgan fingerprint density at radius 2 is 1.58 bits per heavy atom. The molecule has 0 atom stereocenters. The van der Waals surface area contributed by atoms with E-state index in [2.05, 4.69) is 5.32 Å². The molecular formula is C20H23F2N3O. The molecule has 2 aromatic carbocycles. The monoisotopic (exact) mass is 359 g/mol. The molecule has 3 N–H and O–H groups in total. The lowest BCUT2D eigenvalue weighted by Gasteiger charge is -2.33. The number of amides is 2. The summed E-state index contributed by atoms with van der Waals surface area (Å²) in [6.07, 6.45) is 3.69. The molecule has 2 aromatic rings. The van der Waals surface area contributed by atoms with Crippen molar-refractivity contribution in [2.24, 2.45) is 5.73 Å². The largest absolute Gasteiger partial charge is 0.328 e. The summed E-state index contributed by atoms with van der Waals surface area (Å²) in [5, 5.41) is 2.86. The number of hydrogen-bond acceptors (Lipinski definition) is 2. The number of nitrogens with two attached hydrogens (primary N) is 1. The number of anilines is 1. The average Bonchev–Trinajstić information content (AvgIpc) is 2.61. The van der Waals surface area contributed by atoms with Crippen molar-refractivity contribution in [3.8, 4) is 11.1 Å². The van der Waals surface area contributed by atoms with Crippen molar-refractivity contribution in [2.75, 3.05) is 12.4 Å². The first-order chi connectivity index (χ1) is 12.4. The van der Waals surface area contributed by atoms with Gasteiger partial charge in [-0.1, -0.05) is 12.1 Å². The van der Waals surface area contributed by atoms with Crippen LogP contribution < -0.4 is 11.1 Å². The molecule has 26 heavy (non-hydrogen) atoms. The van der Waals surface area contributed by atoms with Crippen LogP contribution in [0.4, 0.5) is 19.3 Å². The molecule has 3 rings (SSSR count). The van der Waals surface area contributed by atoms with E-state index >= 15 is 0 Å². The van der Waals surface area contributed by atoms with Gasteiger partial charge in [0.1, 0.15) is 11.6 Å². The van der Waals surface area contributed by atoms with Crippen LogP contribution >= 0.6 is 0 Å². The SMILES string of the molecule is CN(C(=O)Nc1ccc(-c2cc(F)cc(F)c2)cc1)C1CCC(N)CC1. The van der Waals surface area contributed by atoms with E-state index in [-0.39, 0.29) is 18.1 Å². The Morgan fingerprint density at radius 1 is 1.00 bits per heavy atom. The molecule has 2 amide bonds. The Balaban J connectivity index is 1.64. The third-order valence-corrected chi connectivity index (χ3v) is 4.94. The lowest BCUT2D eigenvalue weighted by atomic mass is 9.91. The van der Waals surface area contributed by atoms with Gasteiger partial charge in [0.2, 0.25) is 0 Å². The van der Waals surface area contributed by atoms with E-state index in [9.17, 15) is 13.6 Å². The van der Waals surface area contributed by atoms with Crippen molar-refractivity contribution >= 4 is 11.7 Å². The van der Waals surface area contributed by atoms with Gasteiger partial charge in [0.05, 0.1) is 0 Å². The number of hydrogen-bond donors (Lipinski definition) is 2. The number of benzene rings is 2. The second kappa shape index (κ2) is 7.83. The van der Waals surface area contributed by atoms with Crippen molar-refractivity contribution in [3.63, 3.8) is 0 Å². The second-order valence-electron chi connectivity index (χ2n) is 6.85. The Morgan fingerprint density at radius 3 is 2.15 bits per heavy atom. The van der Waals surface area contributed by atoms with Crippen LogP contribution in [0, 0.1) is 11.6 Å². The van der Waals surface area contributed by atoms with Crippen LogP contribution in [0.15, 0.2) is 42.5 Å². The van der Waals surface area contributed by atoms with E-state index in [0.29, 0.717) is 16.8 Å². The molecule has 0 heterocycles. The number of nitrogens with zero attached hydrogens (tertiary/aromatic N) is 1. The lowest BCUT2D eigenvalue weighted by Crippen LogP contribution is -2.43. The molecular weight excluding hydrogens is 336 g/mol. The number of rotatable bonds is 3. The van der Waals surface area contributed by atoms with Gasteiger partial charge >= 0.3 is 6.03 Å². The fourth-order valence-electron chi connectivity index (χ4n) is 3.33. The minimum atomic E-state index is -0.619. The normalized spacial score (nSPS) is 19.8. The highest BCUT2D eigenvalue weighted by atomic mass is 19.1. The Bertz CT molecular complexity index is 751. The minimum absolute atomic E-state index is 0.171. The molecule has 0 bridgehead atoms. The Kier molecular flexibility index (Phi) is 5.52. The summed E-state index contributed by atoms with van der Waals surface area (Å²) in [5.41, 5.74) is 7.68. The Labute approximate surface area is 152 Å². The number of carbonyl (C=O) groups excluding carboxylic acids is 1. The fraction of sp³-hybridized carbons (Fsp3) is 0.350. The highest BCUT2D eigenvalue weighted by Crippen LogP contribution is 2.25. The van der Waals surface area contributed by atoms with Crippen LogP contribution in [0.3, 0.4) is 0 Å². The zero-order valence-corrected chi connectivity index (χ0v) is 14.7. The van der Waals surface area contributed by atoms with Gasteiger partial charge in [0.15, 0.2) is 0 Å². The summed E-state index contributed by atoms with van der Waals surface area (Å²) in [4.78, 5) is 14.1. The average molecular weight is 359 g/mol. The molecule has 1 aliphatic carbocycles. The molecule has 1 fully saturated rings. The van der Waals surface area contributed by atoms with Gasteiger partial charge in [-0.25, -0.2) is 13.6 Å². The lowest BCUT2D eigenvalue weighted by molar-refractivity contribution is 0.182. The number of carbonyl (C=O) groups is 1. The topological polar surface area (TPSA) is 58.4 Å². The smallest absolute Gasteiger partial charge is 0.321 e. The van der Waals surface area contributed by atoms with Gasteiger partial charge in [-0.05, 0) is 61.1 Å². The summed E-state index contributed by atoms with van der Waals surface area (Å²) < 4.78 is 26.7. The maximum Gasteiger partial charge on any atom is 0.321 e. The minimum Gasteiger partial charge on any atom is -0.328 e. The molecule has 0 unspecified atom stereocenters. The standard InChI is InChI=1S/C20H23F2N3O/c1-25(19-8-4-17(23)5-9-19)20(26)24-18-6-2-13(3-7-18)14-10-15(21)12-16(22)11-14/h2-3,6-7,10-12,17,19H,4-5,8-9,23H2,1H3,(H,24,26). The quantitative estimate of drug-likeness (QED) is 0.855. The van der Waals surface area contributed by atoms with E-state index in [0.717, 1.165) is 31.7 Å². The molecule has 0 aromatic heterocycles. The van der Waals surface area contributed by atoms with Crippen molar-refractivity contribution < 1.29 is 13.6 Å². The third kappa shape index (κ3) is 4.38. The van der Waals surface area contributed by atoms with Gasteiger partial charge in [-0.15, -0.1) is 0 Å². The predicted octanol–water partition coefficient (Wildman–Crippen LogP) is 4.37. The fourth-order valence-corrected chi connectivity index (χ4v) is 3.33. The molecule has 0 radical (unpaired) electrons. The van der Waals surface area contributed by atoms with E-state index in [1.165, 1.54) is 12.1 Å². The first-order valence-corrected chi connectivity index (χ1v) is 8.78. The first kappa shape index (κ1) is 18.3. The highest BCUT2D eigenvalue weighted by molar-refractivity contribution is 5.89. The molecule has 0 spiro atoms. The highest BCUT2D eigenvalue weighted by Gasteiger charge is 2.25. The molecule has 1 aliphatic rings. The molecule has 1 saturated carbocycles.